The number of carbonyl (C=O) groups is 2. The third-order valence-corrected chi connectivity index (χ3v) is 7.06. The van der Waals surface area contributed by atoms with Gasteiger partial charge < -0.3 is 14.1 Å². The molecule has 2 aromatic rings. The second-order valence-electron chi connectivity index (χ2n) is 7.56. The van der Waals surface area contributed by atoms with Crippen LogP contribution in [-0.2, 0) is 30.6 Å². The van der Waals surface area contributed by atoms with Crippen LogP contribution in [0.25, 0.3) is 11.3 Å². The molecule has 0 radical (unpaired) electrons. The highest BCUT2D eigenvalue weighted by Crippen LogP contribution is 2.25. The maximum atomic E-state index is 13.9. The average molecular weight is 452 g/mol. The van der Waals surface area contributed by atoms with Crippen molar-refractivity contribution in [3.63, 3.8) is 0 Å². The Labute approximate surface area is 181 Å². The molecule has 31 heavy (non-hydrogen) atoms. The number of hydrogen-bond donors (Lipinski definition) is 0. The van der Waals surface area contributed by atoms with Gasteiger partial charge in [-0.3, -0.25) is 9.59 Å². The zero-order valence-corrected chi connectivity index (χ0v) is 18.4. The smallest absolute Gasteiger partial charge is 0.307 e. The van der Waals surface area contributed by atoms with Gasteiger partial charge in [-0.1, -0.05) is 12.1 Å². The van der Waals surface area contributed by atoms with E-state index in [-0.39, 0.29) is 30.4 Å². The second-order valence-corrected chi connectivity index (χ2v) is 9.79. The van der Waals surface area contributed by atoms with Crippen molar-refractivity contribution >= 4 is 21.7 Å². The van der Waals surface area contributed by atoms with Crippen LogP contribution in [-0.4, -0.2) is 55.4 Å². The fourth-order valence-corrected chi connectivity index (χ4v) is 5.43. The van der Waals surface area contributed by atoms with Gasteiger partial charge in [0.25, 0.3) is 5.91 Å². The van der Waals surface area contributed by atoms with Gasteiger partial charge in [-0.15, -0.1) is 0 Å². The number of rotatable bonds is 8. The van der Waals surface area contributed by atoms with E-state index in [9.17, 15) is 22.4 Å². The summed E-state index contributed by atoms with van der Waals surface area (Å²) in [7, 11) is -3.13. The average Bonchev–Trinajstić information content (AvgIpc) is 3.33. The number of sulfone groups is 1. The first-order chi connectivity index (χ1) is 14.7. The summed E-state index contributed by atoms with van der Waals surface area (Å²) in [5.74, 6) is -0.497. The molecule has 0 bridgehead atoms. The zero-order valence-electron chi connectivity index (χ0n) is 17.5. The monoisotopic (exact) mass is 451 g/mol. The zero-order chi connectivity index (χ0) is 22.6. The molecular formula is C22H26FNO6S. The summed E-state index contributed by atoms with van der Waals surface area (Å²) >= 11 is 0. The van der Waals surface area contributed by atoms with Crippen LogP contribution in [0.1, 0.15) is 32.4 Å². The van der Waals surface area contributed by atoms with Crippen molar-refractivity contribution in [1.29, 1.82) is 0 Å². The summed E-state index contributed by atoms with van der Waals surface area (Å²) in [5.41, 5.74) is 0.337. The molecule has 0 saturated carbocycles. The lowest BCUT2D eigenvalue weighted by molar-refractivity contribution is -0.160. The van der Waals surface area contributed by atoms with Gasteiger partial charge in [0.15, 0.2) is 15.9 Å². The third-order valence-electron chi connectivity index (χ3n) is 5.31. The lowest BCUT2D eigenvalue weighted by Gasteiger charge is -2.29. The normalized spacial score (nSPS) is 18.5. The predicted octanol–water partition coefficient (Wildman–Crippen LogP) is 2.99. The van der Waals surface area contributed by atoms with E-state index in [0.717, 1.165) is 0 Å². The van der Waals surface area contributed by atoms with Crippen LogP contribution in [0.5, 0.6) is 0 Å². The molecule has 3 rings (SSSR count). The first-order valence-corrected chi connectivity index (χ1v) is 12.1. The summed E-state index contributed by atoms with van der Waals surface area (Å²) in [4.78, 5) is 26.3. The molecule has 2 atom stereocenters. The molecule has 9 heteroatoms. The second kappa shape index (κ2) is 9.64. The van der Waals surface area contributed by atoms with Crippen LogP contribution in [0.15, 0.2) is 40.8 Å². The van der Waals surface area contributed by atoms with Gasteiger partial charge in [-0.05, 0) is 44.5 Å². The van der Waals surface area contributed by atoms with Crippen molar-refractivity contribution in [2.75, 3.05) is 18.1 Å². The van der Waals surface area contributed by atoms with Crippen molar-refractivity contribution in [1.82, 2.24) is 4.90 Å². The van der Waals surface area contributed by atoms with Crippen molar-refractivity contribution in [2.45, 2.75) is 45.3 Å². The largest absolute Gasteiger partial charge is 0.461 e. The fourth-order valence-electron chi connectivity index (χ4n) is 3.70. The number of likely N-dealkylation sites (N-methyl/N-ethyl adjacent to an activating group) is 1. The van der Waals surface area contributed by atoms with E-state index in [0.29, 0.717) is 30.0 Å². The van der Waals surface area contributed by atoms with Gasteiger partial charge in [0, 0.05) is 19.0 Å². The first-order valence-electron chi connectivity index (χ1n) is 10.2. The Hall–Kier alpha value is -2.68. The lowest BCUT2D eigenvalue weighted by atomic mass is 10.1. The van der Waals surface area contributed by atoms with Crippen LogP contribution < -0.4 is 0 Å². The molecule has 2 heterocycles. The Morgan fingerprint density at radius 1 is 1.26 bits per heavy atom. The Balaban J connectivity index is 1.52. The minimum atomic E-state index is -3.13. The molecular weight excluding hydrogens is 425 g/mol. The number of ether oxygens (including phenoxy) is 1. The topological polar surface area (TPSA) is 93.9 Å². The Morgan fingerprint density at radius 3 is 2.65 bits per heavy atom. The molecule has 0 N–H and O–H groups in total. The summed E-state index contributed by atoms with van der Waals surface area (Å²) in [6.45, 7) is 3.59. The number of hydrogen-bond acceptors (Lipinski definition) is 6. The van der Waals surface area contributed by atoms with E-state index < -0.39 is 33.6 Å². The Kier molecular flexibility index (Phi) is 7.15. The van der Waals surface area contributed by atoms with E-state index >= 15 is 0 Å². The van der Waals surface area contributed by atoms with E-state index in [2.05, 4.69) is 0 Å². The Bertz CT molecular complexity index is 1050. The molecule has 1 aliphatic heterocycles. The molecule has 0 spiro atoms. The predicted molar refractivity (Wildman–Crippen MR) is 112 cm³/mol. The highest BCUT2D eigenvalue weighted by molar-refractivity contribution is 7.91. The molecule has 1 aliphatic rings. The quantitative estimate of drug-likeness (QED) is 0.573. The van der Waals surface area contributed by atoms with E-state index in [1.54, 1.807) is 37.3 Å². The van der Waals surface area contributed by atoms with Gasteiger partial charge in [0.1, 0.15) is 17.3 Å². The number of carbonyl (C=O) groups excluding carboxylic acids is 2. The van der Waals surface area contributed by atoms with E-state index in [1.165, 1.54) is 17.9 Å². The van der Waals surface area contributed by atoms with Gasteiger partial charge in [0.05, 0.1) is 23.5 Å². The summed E-state index contributed by atoms with van der Waals surface area (Å²) in [5, 5.41) is 0. The lowest BCUT2D eigenvalue weighted by Crippen LogP contribution is -2.46. The molecule has 1 aromatic heterocycles. The molecule has 7 nitrogen and oxygen atoms in total. The maximum absolute atomic E-state index is 13.9. The third kappa shape index (κ3) is 5.72. The SMILES string of the molecule is CCN(C(=O)[C@H](C)OC(=O)CCc1ccc(-c2ccccc2F)o1)[C@H]1CCS(=O)(=O)C1. The van der Waals surface area contributed by atoms with Crippen molar-refractivity contribution in [3.8, 4) is 11.3 Å². The Morgan fingerprint density at radius 2 is 2.00 bits per heavy atom. The number of amides is 1. The number of halogens is 1. The first kappa shape index (κ1) is 23.0. The van der Waals surface area contributed by atoms with E-state index in [1.807, 2.05) is 0 Å². The van der Waals surface area contributed by atoms with Gasteiger partial charge >= 0.3 is 5.97 Å². The molecule has 1 saturated heterocycles. The van der Waals surface area contributed by atoms with Crippen molar-refractivity contribution < 1.29 is 31.6 Å². The van der Waals surface area contributed by atoms with Gasteiger partial charge in [0.2, 0.25) is 0 Å². The molecule has 1 amide bonds. The standard InChI is InChI=1S/C22H26FNO6S/c1-3-24(16-12-13-31(27,28)14-16)22(26)15(2)29-21(25)11-9-17-8-10-20(30-17)18-6-4-5-7-19(18)23/h4-8,10,15-16H,3,9,11-14H2,1-2H3/t15-,16-/m0/s1. The molecule has 0 aliphatic carbocycles. The maximum Gasteiger partial charge on any atom is 0.307 e. The van der Waals surface area contributed by atoms with Crippen LogP contribution >= 0.6 is 0 Å². The van der Waals surface area contributed by atoms with E-state index in [4.69, 9.17) is 9.15 Å². The molecule has 1 aromatic carbocycles. The van der Waals surface area contributed by atoms with Crippen molar-refractivity contribution in [3.05, 3.63) is 48.0 Å². The molecule has 0 unspecified atom stereocenters. The number of nitrogens with zero attached hydrogens (tertiary/aromatic N) is 1. The van der Waals surface area contributed by atoms with Gasteiger partial charge in [-0.2, -0.15) is 0 Å². The minimum Gasteiger partial charge on any atom is -0.461 e. The molecule has 168 valence electrons. The van der Waals surface area contributed by atoms with Crippen LogP contribution in [0.2, 0.25) is 0 Å². The van der Waals surface area contributed by atoms with Crippen LogP contribution in [0.4, 0.5) is 4.39 Å². The van der Waals surface area contributed by atoms with Crippen molar-refractivity contribution in [2.24, 2.45) is 0 Å². The number of furan rings is 1. The number of benzene rings is 1. The number of esters is 1. The minimum absolute atomic E-state index is 0.00816. The fraction of sp³-hybridized carbons (Fsp3) is 0.455. The highest BCUT2D eigenvalue weighted by atomic mass is 32.2. The molecule has 1 fully saturated rings. The highest BCUT2D eigenvalue weighted by Gasteiger charge is 2.36. The van der Waals surface area contributed by atoms with Crippen LogP contribution in [0.3, 0.4) is 0 Å². The summed E-state index contributed by atoms with van der Waals surface area (Å²) in [6.07, 6.45) is -0.384. The number of aryl methyl sites for hydroxylation is 1. The van der Waals surface area contributed by atoms with Gasteiger partial charge in [-0.25, -0.2) is 12.8 Å². The van der Waals surface area contributed by atoms with Crippen LogP contribution in [0, 0.1) is 5.82 Å². The summed E-state index contributed by atoms with van der Waals surface area (Å²) in [6, 6.07) is 9.16. The summed E-state index contributed by atoms with van der Waals surface area (Å²) < 4.78 is 48.2.